The molecule has 6 heteroatoms. The highest BCUT2D eigenvalue weighted by molar-refractivity contribution is 6.34. The van der Waals surface area contributed by atoms with Crippen LogP contribution in [0.5, 0.6) is 0 Å². The van der Waals surface area contributed by atoms with E-state index in [0.29, 0.717) is 12.3 Å². The Morgan fingerprint density at radius 3 is 2.74 bits per heavy atom. The average Bonchev–Trinajstić information content (AvgIpc) is 2.77. The summed E-state index contributed by atoms with van der Waals surface area (Å²) in [5, 5.41) is 11.7. The van der Waals surface area contributed by atoms with E-state index in [4.69, 9.17) is 21.4 Å². The molecule has 1 aromatic carbocycles. The number of anilines is 1. The zero-order valence-electron chi connectivity index (χ0n) is 10.4. The first-order chi connectivity index (χ1) is 8.99. The molecular weight excluding hydrogens is 270 g/mol. The van der Waals surface area contributed by atoms with Crippen molar-refractivity contribution in [2.45, 2.75) is 19.4 Å². The first-order valence-electron chi connectivity index (χ1n) is 5.94. The third kappa shape index (κ3) is 3.05. The maximum Gasteiger partial charge on any atom is 0.335 e. The predicted octanol–water partition coefficient (Wildman–Crippen LogP) is 2.40. The average molecular weight is 284 g/mol. The van der Waals surface area contributed by atoms with Crippen molar-refractivity contribution in [3.8, 4) is 0 Å². The van der Waals surface area contributed by atoms with Crippen LogP contribution in [-0.4, -0.2) is 29.7 Å². The van der Waals surface area contributed by atoms with E-state index in [1.165, 1.54) is 18.2 Å². The summed E-state index contributed by atoms with van der Waals surface area (Å²) in [5.41, 5.74) is 0.466. The molecule has 2 N–H and O–H groups in total. The molecule has 5 nitrogen and oxygen atoms in total. The third-order valence-electron chi connectivity index (χ3n) is 3.12. The number of benzene rings is 1. The Hall–Kier alpha value is -1.59. The lowest BCUT2D eigenvalue weighted by Crippen LogP contribution is -2.31. The van der Waals surface area contributed by atoms with Gasteiger partial charge in [-0.05, 0) is 30.5 Å². The van der Waals surface area contributed by atoms with Crippen LogP contribution >= 0.6 is 11.6 Å². The van der Waals surface area contributed by atoms with Gasteiger partial charge in [0.2, 0.25) is 0 Å². The number of hydrogen-bond acceptors (Lipinski definition) is 3. The number of carboxylic acids is 1. The lowest BCUT2D eigenvalue weighted by Gasteiger charge is -2.15. The van der Waals surface area contributed by atoms with Gasteiger partial charge in [-0.2, -0.15) is 0 Å². The molecule has 2 rings (SSSR count). The first kappa shape index (κ1) is 13.8. The largest absolute Gasteiger partial charge is 0.478 e. The second-order valence-corrected chi connectivity index (χ2v) is 4.95. The van der Waals surface area contributed by atoms with E-state index in [1.54, 1.807) is 0 Å². The van der Waals surface area contributed by atoms with Gasteiger partial charge in [-0.15, -0.1) is 0 Å². The van der Waals surface area contributed by atoms with Crippen LogP contribution in [0.4, 0.5) is 5.69 Å². The zero-order chi connectivity index (χ0) is 14.0. The van der Waals surface area contributed by atoms with Crippen LogP contribution in [0.25, 0.3) is 0 Å². The summed E-state index contributed by atoms with van der Waals surface area (Å²) in [6.45, 7) is 2.53. The minimum atomic E-state index is -1.06. The van der Waals surface area contributed by atoms with E-state index in [1.807, 2.05) is 6.92 Å². The van der Waals surface area contributed by atoms with E-state index in [-0.39, 0.29) is 22.4 Å². The summed E-state index contributed by atoms with van der Waals surface area (Å²) < 4.78 is 5.35. The predicted molar refractivity (Wildman–Crippen MR) is 70.6 cm³/mol. The molecule has 1 heterocycles. The quantitative estimate of drug-likeness (QED) is 0.893. The van der Waals surface area contributed by atoms with Crippen LogP contribution in [0.3, 0.4) is 0 Å². The number of rotatable bonds is 3. The highest BCUT2D eigenvalue weighted by Crippen LogP contribution is 2.26. The van der Waals surface area contributed by atoms with Gasteiger partial charge in [-0.1, -0.05) is 18.5 Å². The number of carboxylic acid groups (broad SMARTS) is 1. The topological polar surface area (TPSA) is 75.6 Å². The third-order valence-corrected chi connectivity index (χ3v) is 3.43. The maximum absolute atomic E-state index is 12.0. The minimum absolute atomic E-state index is 0.0773. The number of aromatic carboxylic acids is 1. The molecule has 0 bridgehead atoms. The second-order valence-electron chi connectivity index (χ2n) is 4.55. The molecular formula is C13H14ClNO4. The maximum atomic E-state index is 12.0. The SMILES string of the molecule is CC1CCOC1C(=O)Nc1ccc(C(=O)O)cc1Cl. The van der Waals surface area contributed by atoms with Gasteiger partial charge < -0.3 is 15.2 Å². The Morgan fingerprint density at radius 2 is 2.21 bits per heavy atom. The molecule has 1 aromatic rings. The van der Waals surface area contributed by atoms with Crippen LogP contribution in [0.1, 0.15) is 23.7 Å². The van der Waals surface area contributed by atoms with Gasteiger partial charge in [-0.25, -0.2) is 4.79 Å². The van der Waals surface area contributed by atoms with Crippen LogP contribution in [-0.2, 0) is 9.53 Å². The molecule has 0 saturated carbocycles. The molecule has 1 amide bonds. The summed E-state index contributed by atoms with van der Waals surface area (Å²) >= 11 is 5.94. The molecule has 2 atom stereocenters. The van der Waals surface area contributed by atoms with Gasteiger partial charge in [-0.3, -0.25) is 4.79 Å². The minimum Gasteiger partial charge on any atom is -0.478 e. The van der Waals surface area contributed by atoms with Crippen LogP contribution in [0.15, 0.2) is 18.2 Å². The fourth-order valence-electron chi connectivity index (χ4n) is 1.98. The molecule has 0 aromatic heterocycles. The van der Waals surface area contributed by atoms with E-state index < -0.39 is 12.1 Å². The molecule has 1 aliphatic rings. The monoisotopic (exact) mass is 283 g/mol. The van der Waals surface area contributed by atoms with Gasteiger partial charge in [0.15, 0.2) is 0 Å². The van der Waals surface area contributed by atoms with E-state index in [9.17, 15) is 9.59 Å². The summed E-state index contributed by atoms with van der Waals surface area (Å²) in [5.74, 6) is -1.15. The molecule has 1 aliphatic heterocycles. The molecule has 102 valence electrons. The van der Waals surface area contributed by atoms with Crippen molar-refractivity contribution in [1.82, 2.24) is 0 Å². The van der Waals surface area contributed by atoms with Crippen molar-refractivity contribution >= 4 is 29.2 Å². The van der Waals surface area contributed by atoms with Crippen molar-refractivity contribution in [2.24, 2.45) is 5.92 Å². The highest BCUT2D eigenvalue weighted by Gasteiger charge is 2.31. The summed E-state index contributed by atoms with van der Waals surface area (Å²) in [6.07, 6.45) is 0.374. The standard InChI is InChI=1S/C13H14ClNO4/c1-7-4-5-19-11(7)12(16)15-10-3-2-8(13(17)18)6-9(10)14/h2-3,6-7,11H,4-5H2,1H3,(H,15,16)(H,17,18). The van der Waals surface area contributed by atoms with Gasteiger partial charge in [0, 0.05) is 6.61 Å². The van der Waals surface area contributed by atoms with Crippen molar-refractivity contribution in [2.75, 3.05) is 11.9 Å². The normalized spacial score (nSPS) is 22.2. The number of carbonyl (C=O) groups excluding carboxylic acids is 1. The second kappa shape index (κ2) is 5.59. The Morgan fingerprint density at radius 1 is 1.47 bits per heavy atom. The van der Waals surface area contributed by atoms with Crippen molar-refractivity contribution in [3.05, 3.63) is 28.8 Å². The summed E-state index contributed by atoms with van der Waals surface area (Å²) in [4.78, 5) is 22.8. The number of carbonyl (C=O) groups is 2. The Balaban J connectivity index is 2.11. The number of nitrogens with one attached hydrogen (secondary N) is 1. The fourth-order valence-corrected chi connectivity index (χ4v) is 2.21. The van der Waals surface area contributed by atoms with Gasteiger partial charge in [0.25, 0.3) is 5.91 Å². The number of amides is 1. The lowest BCUT2D eigenvalue weighted by atomic mass is 10.0. The Kier molecular flexibility index (Phi) is 4.07. The number of ether oxygens (including phenoxy) is 1. The fraction of sp³-hybridized carbons (Fsp3) is 0.385. The van der Waals surface area contributed by atoms with Crippen LogP contribution in [0, 0.1) is 5.92 Å². The smallest absolute Gasteiger partial charge is 0.335 e. The zero-order valence-corrected chi connectivity index (χ0v) is 11.1. The van der Waals surface area contributed by atoms with E-state index in [0.717, 1.165) is 6.42 Å². The molecule has 1 fully saturated rings. The highest BCUT2D eigenvalue weighted by atomic mass is 35.5. The van der Waals surface area contributed by atoms with Crippen LogP contribution in [0.2, 0.25) is 5.02 Å². The Bertz CT molecular complexity index is 517. The molecule has 0 radical (unpaired) electrons. The summed E-state index contributed by atoms with van der Waals surface area (Å²) in [7, 11) is 0. The number of halogens is 1. The first-order valence-corrected chi connectivity index (χ1v) is 6.32. The van der Waals surface area contributed by atoms with Crippen molar-refractivity contribution < 1.29 is 19.4 Å². The van der Waals surface area contributed by atoms with E-state index >= 15 is 0 Å². The number of hydrogen-bond donors (Lipinski definition) is 2. The van der Waals surface area contributed by atoms with Gasteiger partial charge in [0.05, 0.1) is 16.3 Å². The molecule has 1 saturated heterocycles. The van der Waals surface area contributed by atoms with Crippen molar-refractivity contribution in [1.29, 1.82) is 0 Å². The van der Waals surface area contributed by atoms with Crippen LogP contribution < -0.4 is 5.32 Å². The molecule has 19 heavy (non-hydrogen) atoms. The van der Waals surface area contributed by atoms with Crippen molar-refractivity contribution in [3.63, 3.8) is 0 Å². The molecule has 0 spiro atoms. The van der Waals surface area contributed by atoms with Gasteiger partial charge in [0.1, 0.15) is 6.10 Å². The molecule has 2 unspecified atom stereocenters. The summed E-state index contributed by atoms with van der Waals surface area (Å²) in [6, 6.07) is 4.17. The van der Waals surface area contributed by atoms with E-state index in [2.05, 4.69) is 5.32 Å². The Labute approximate surface area is 115 Å². The molecule has 0 aliphatic carbocycles. The van der Waals surface area contributed by atoms with Gasteiger partial charge >= 0.3 is 5.97 Å². The lowest BCUT2D eigenvalue weighted by molar-refractivity contribution is -0.126.